The maximum atomic E-state index is 10.2. The first-order chi connectivity index (χ1) is 12.7. The van der Waals surface area contributed by atoms with Crippen molar-refractivity contribution in [1.29, 1.82) is 0 Å². The third-order valence-corrected chi connectivity index (χ3v) is 4.29. The zero-order chi connectivity index (χ0) is 18.2. The van der Waals surface area contributed by atoms with E-state index in [9.17, 15) is 5.11 Å². The van der Waals surface area contributed by atoms with Gasteiger partial charge in [0.25, 0.3) is 0 Å². The van der Waals surface area contributed by atoms with Gasteiger partial charge in [0.1, 0.15) is 12.4 Å². The molecule has 3 aromatic carbocycles. The minimum atomic E-state index is -0.588. The van der Waals surface area contributed by atoms with Crippen LogP contribution in [0.15, 0.2) is 78.9 Å². The molecule has 0 aliphatic heterocycles. The van der Waals surface area contributed by atoms with Gasteiger partial charge < -0.3 is 15.2 Å². The number of ether oxygens (including phenoxy) is 1. The van der Waals surface area contributed by atoms with Crippen molar-refractivity contribution in [1.82, 2.24) is 5.32 Å². The number of halogens is 1. The van der Waals surface area contributed by atoms with E-state index in [1.807, 2.05) is 48.5 Å². The van der Waals surface area contributed by atoms with Gasteiger partial charge in [0.05, 0.1) is 6.10 Å². The van der Waals surface area contributed by atoms with Gasteiger partial charge in [-0.1, -0.05) is 66.2 Å². The van der Waals surface area contributed by atoms with Crippen LogP contribution in [0.4, 0.5) is 0 Å². The highest BCUT2D eigenvalue weighted by Crippen LogP contribution is 2.23. The zero-order valence-electron chi connectivity index (χ0n) is 14.4. The van der Waals surface area contributed by atoms with Gasteiger partial charge in [-0.25, -0.2) is 0 Å². The standard InChI is InChI=1S/C22H22ClNO2/c23-20-10-4-9-19(14-20)22(25)16-24-12-13-26-21-11-5-8-18(15-21)17-6-2-1-3-7-17/h1-11,14-15,22,24-25H,12-13,16H2/t22-/m0/s1. The van der Waals surface area contributed by atoms with Crippen molar-refractivity contribution >= 4 is 11.6 Å². The summed E-state index contributed by atoms with van der Waals surface area (Å²) in [5.74, 6) is 0.837. The minimum absolute atomic E-state index is 0.452. The SMILES string of the molecule is O[C@@H](CNCCOc1cccc(-c2ccccc2)c1)c1cccc(Cl)c1. The molecule has 0 unspecified atom stereocenters. The molecule has 1 atom stereocenters. The first-order valence-electron chi connectivity index (χ1n) is 8.65. The van der Waals surface area contributed by atoms with E-state index in [2.05, 4.69) is 23.5 Å². The molecular weight excluding hydrogens is 346 g/mol. The fourth-order valence-corrected chi connectivity index (χ4v) is 2.91. The summed E-state index contributed by atoms with van der Waals surface area (Å²) < 4.78 is 5.81. The molecule has 0 aliphatic carbocycles. The van der Waals surface area contributed by atoms with Gasteiger partial charge in [0.15, 0.2) is 0 Å². The Hall–Kier alpha value is -2.33. The monoisotopic (exact) mass is 367 g/mol. The predicted molar refractivity (Wildman–Crippen MR) is 107 cm³/mol. The molecule has 26 heavy (non-hydrogen) atoms. The molecule has 134 valence electrons. The third-order valence-electron chi connectivity index (χ3n) is 4.06. The van der Waals surface area contributed by atoms with Crippen LogP contribution in [-0.4, -0.2) is 24.8 Å². The number of hydrogen-bond donors (Lipinski definition) is 2. The molecule has 4 heteroatoms. The quantitative estimate of drug-likeness (QED) is 0.566. The summed E-state index contributed by atoms with van der Waals surface area (Å²) in [6, 6.07) is 25.5. The minimum Gasteiger partial charge on any atom is -0.492 e. The molecule has 3 rings (SSSR count). The summed E-state index contributed by atoms with van der Waals surface area (Å²) in [5.41, 5.74) is 3.11. The third kappa shape index (κ3) is 5.33. The highest BCUT2D eigenvalue weighted by atomic mass is 35.5. The molecule has 0 amide bonds. The fourth-order valence-electron chi connectivity index (χ4n) is 2.71. The molecule has 3 aromatic rings. The first-order valence-corrected chi connectivity index (χ1v) is 9.03. The van der Waals surface area contributed by atoms with Gasteiger partial charge in [-0.3, -0.25) is 0 Å². The van der Waals surface area contributed by atoms with E-state index in [1.54, 1.807) is 12.1 Å². The molecule has 0 saturated carbocycles. The number of aliphatic hydroxyl groups excluding tert-OH is 1. The molecule has 0 aromatic heterocycles. The lowest BCUT2D eigenvalue weighted by molar-refractivity contribution is 0.172. The lowest BCUT2D eigenvalue weighted by atomic mass is 10.1. The van der Waals surface area contributed by atoms with Crippen molar-refractivity contribution in [2.24, 2.45) is 0 Å². The molecule has 0 bridgehead atoms. The van der Waals surface area contributed by atoms with E-state index >= 15 is 0 Å². The second-order valence-electron chi connectivity index (χ2n) is 6.02. The smallest absolute Gasteiger partial charge is 0.119 e. The average Bonchev–Trinajstić information content (AvgIpc) is 2.68. The Balaban J connectivity index is 1.44. The summed E-state index contributed by atoms with van der Waals surface area (Å²) >= 11 is 5.95. The zero-order valence-corrected chi connectivity index (χ0v) is 15.2. The Morgan fingerprint density at radius 3 is 2.46 bits per heavy atom. The lowest BCUT2D eigenvalue weighted by Gasteiger charge is -2.13. The van der Waals surface area contributed by atoms with Crippen molar-refractivity contribution in [3.63, 3.8) is 0 Å². The molecule has 3 nitrogen and oxygen atoms in total. The van der Waals surface area contributed by atoms with Crippen molar-refractivity contribution in [3.05, 3.63) is 89.4 Å². The molecule has 0 radical (unpaired) electrons. The van der Waals surface area contributed by atoms with Gasteiger partial charge in [-0.2, -0.15) is 0 Å². The maximum absolute atomic E-state index is 10.2. The van der Waals surface area contributed by atoms with Crippen LogP contribution in [0.1, 0.15) is 11.7 Å². The highest BCUT2D eigenvalue weighted by molar-refractivity contribution is 6.30. The molecule has 2 N–H and O–H groups in total. The normalized spacial score (nSPS) is 11.9. The van der Waals surface area contributed by atoms with E-state index in [0.29, 0.717) is 24.7 Å². The van der Waals surface area contributed by atoms with Crippen LogP contribution < -0.4 is 10.1 Å². The topological polar surface area (TPSA) is 41.5 Å². The molecule has 0 heterocycles. The largest absolute Gasteiger partial charge is 0.492 e. The van der Waals surface area contributed by atoms with Crippen LogP contribution in [0.2, 0.25) is 5.02 Å². The molecule has 0 aliphatic rings. The van der Waals surface area contributed by atoms with Gasteiger partial charge in [-0.05, 0) is 41.0 Å². The van der Waals surface area contributed by atoms with E-state index in [4.69, 9.17) is 16.3 Å². The van der Waals surface area contributed by atoms with Crippen molar-refractivity contribution in [2.45, 2.75) is 6.10 Å². The Morgan fingerprint density at radius 2 is 1.65 bits per heavy atom. The van der Waals surface area contributed by atoms with Gasteiger partial charge >= 0.3 is 0 Å². The van der Waals surface area contributed by atoms with Crippen LogP contribution in [0, 0.1) is 0 Å². The van der Waals surface area contributed by atoms with E-state index in [-0.39, 0.29) is 0 Å². The van der Waals surface area contributed by atoms with Gasteiger partial charge in [-0.15, -0.1) is 0 Å². The van der Waals surface area contributed by atoms with Crippen LogP contribution in [-0.2, 0) is 0 Å². The Bertz CT molecular complexity index is 823. The highest BCUT2D eigenvalue weighted by Gasteiger charge is 2.07. The summed E-state index contributed by atoms with van der Waals surface area (Å²) in [6.45, 7) is 1.63. The number of hydrogen-bond acceptors (Lipinski definition) is 3. The second-order valence-corrected chi connectivity index (χ2v) is 6.45. The van der Waals surface area contributed by atoms with E-state index in [0.717, 1.165) is 16.9 Å². The molecule has 0 spiro atoms. The van der Waals surface area contributed by atoms with Crippen LogP contribution in [0.3, 0.4) is 0 Å². The van der Waals surface area contributed by atoms with Gasteiger partial charge in [0.2, 0.25) is 0 Å². The Kier molecular flexibility index (Phi) is 6.67. The predicted octanol–water partition coefficient (Wildman–Crippen LogP) is 4.71. The van der Waals surface area contributed by atoms with Crippen molar-refractivity contribution in [2.75, 3.05) is 19.7 Å². The molecule has 0 fully saturated rings. The van der Waals surface area contributed by atoms with Gasteiger partial charge in [0, 0.05) is 18.1 Å². The van der Waals surface area contributed by atoms with Crippen molar-refractivity contribution in [3.8, 4) is 16.9 Å². The van der Waals surface area contributed by atoms with Crippen LogP contribution >= 0.6 is 11.6 Å². The summed E-state index contributed by atoms with van der Waals surface area (Å²) in [4.78, 5) is 0. The lowest BCUT2D eigenvalue weighted by Crippen LogP contribution is -2.26. The second kappa shape index (κ2) is 9.39. The first kappa shape index (κ1) is 18.5. The number of aliphatic hydroxyl groups is 1. The summed E-state index contributed by atoms with van der Waals surface area (Å²) in [6.07, 6.45) is -0.588. The summed E-state index contributed by atoms with van der Waals surface area (Å²) in [7, 11) is 0. The number of benzene rings is 3. The van der Waals surface area contributed by atoms with Crippen LogP contribution in [0.5, 0.6) is 5.75 Å². The number of rotatable bonds is 8. The average molecular weight is 368 g/mol. The van der Waals surface area contributed by atoms with E-state index in [1.165, 1.54) is 5.56 Å². The Morgan fingerprint density at radius 1 is 0.885 bits per heavy atom. The van der Waals surface area contributed by atoms with Crippen LogP contribution in [0.25, 0.3) is 11.1 Å². The molecular formula is C22H22ClNO2. The van der Waals surface area contributed by atoms with E-state index < -0.39 is 6.10 Å². The summed E-state index contributed by atoms with van der Waals surface area (Å²) in [5, 5.41) is 14.0. The fraction of sp³-hybridized carbons (Fsp3) is 0.182. The Labute approximate surface area is 159 Å². The maximum Gasteiger partial charge on any atom is 0.119 e. The van der Waals surface area contributed by atoms with Crippen molar-refractivity contribution < 1.29 is 9.84 Å². The molecule has 0 saturated heterocycles. The number of nitrogens with one attached hydrogen (secondary N) is 1.